The zero-order valence-corrected chi connectivity index (χ0v) is 11.2. The van der Waals surface area contributed by atoms with Crippen molar-refractivity contribution in [2.75, 3.05) is 7.05 Å². The van der Waals surface area contributed by atoms with Gasteiger partial charge in [-0.1, -0.05) is 0 Å². The van der Waals surface area contributed by atoms with Crippen LogP contribution in [0.3, 0.4) is 0 Å². The maximum absolute atomic E-state index is 4.53. The third kappa shape index (κ3) is 1.91. The summed E-state index contributed by atoms with van der Waals surface area (Å²) < 4.78 is 3.05. The molecule has 5 heteroatoms. The number of nitrogens with one attached hydrogen (secondary N) is 1. The predicted molar refractivity (Wildman–Crippen MR) is 74.6 cm³/mol. The van der Waals surface area contributed by atoms with Crippen molar-refractivity contribution in [3.8, 4) is 11.3 Å². The van der Waals surface area contributed by atoms with Gasteiger partial charge in [0.15, 0.2) is 0 Å². The van der Waals surface area contributed by atoms with Gasteiger partial charge < -0.3 is 5.32 Å². The second kappa shape index (κ2) is 4.51. The predicted octanol–water partition coefficient (Wildman–Crippen LogP) is 2.42. The Kier molecular flexibility index (Phi) is 2.85. The average molecular weight is 258 g/mol. The summed E-state index contributed by atoms with van der Waals surface area (Å²) in [4.78, 5) is 4.47. The van der Waals surface area contributed by atoms with E-state index in [1.165, 1.54) is 10.3 Å². The van der Waals surface area contributed by atoms with Crippen molar-refractivity contribution in [1.82, 2.24) is 20.1 Å². The first-order chi connectivity index (χ1) is 8.78. The molecule has 0 atom stereocenters. The molecule has 0 amide bonds. The van der Waals surface area contributed by atoms with E-state index in [-0.39, 0.29) is 0 Å². The number of fused-ring (bicyclic) bond motifs is 1. The summed E-state index contributed by atoms with van der Waals surface area (Å²) in [6, 6.07) is 4.20. The first-order valence-electron chi connectivity index (χ1n) is 5.78. The molecular weight excluding hydrogens is 244 g/mol. The van der Waals surface area contributed by atoms with E-state index >= 15 is 0 Å². The monoisotopic (exact) mass is 258 g/mol. The van der Waals surface area contributed by atoms with Gasteiger partial charge in [0.05, 0.1) is 15.9 Å². The lowest BCUT2D eigenvalue weighted by Gasteiger charge is -2.01. The summed E-state index contributed by atoms with van der Waals surface area (Å²) in [5.74, 6) is 0. The molecule has 0 spiro atoms. The Morgan fingerprint density at radius 1 is 1.44 bits per heavy atom. The number of nitrogens with zero attached hydrogens (tertiary/aromatic N) is 3. The minimum absolute atomic E-state index is 0.811. The third-order valence-corrected chi connectivity index (χ3v) is 3.70. The first kappa shape index (κ1) is 11.4. The van der Waals surface area contributed by atoms with E-state index in [0.29, 0.717) is 0 Å². The van der Waals surface area contributed by atoms with Crippen LogP contribution in [0.2, 0.25) is 0 Å². The van der Waals surface area contributed by atoms with Gasteiger partial charge in [-0.25, -0.2) is 0 Å². The molecule has 1 N–H and O–H groups in total. The van der Waals surface area contributed by atoms with Crippen LogP contribution in [-0.4, -0.2) is 21.8 Å². The maximum Gasteiger partial charge on any atom is 0.0983 e. The molecule has 18 heavy (non-hydrogen) atoms. The fourth-order valence-electron chi connectivity index (χ4n) is 2.08. The van der Waals surface area contributed by atoms with Crippen LogP contribution in [0.5, 0.6) is 0 Å². The Bertz CT molecular complexity index is 683. The molecular formula is C13H14N4S. The van der Waals surface area contributed by atoms with Gasteiger partial charge in [0.2, 0.25) is 0 Å². The standard InChI is InChI=1S/C13H14N4S/c1-14-6-10-8-17(2)16-13(10)9-5-12-11(15-7-9)3-4-18-12/h3-5,7-8,14H,6H2,1-2H3. The molecule has 92 valence electrons. The van der Waals surface area contributed by atoms with Gasteiger partial charge in [-0.3, -0.25) is 9.67 Å². The molecule has 0 aromatic carbocycles. The molecule has 3 rings (SSSR count). The second-order valence-corrected chi connectivity index (χ2v) is 5.18. The highest BCUT2D eigenvalue weighted by atomic mass is 32.1. The van der Waals surface area contributed by atoms with E-state index in [4.69, 9.17) is 0 Å². The number of aryl methyl sites for hydroxylation is 1. The fraction of sp³-hybridized carbons (Fsp3) is 0.231. The third-order valence-electron chi connectivity index (χ3n) is 2.85. The Morgan fingerprint density at radius 2 is 2.33 bits per heavy atom. The van der Waals surface area contributed by atoms with Gasteiger partial charge in [0.25, 0.3) is 0 Å². The van der Waals surface area contributed by atoms with Crippen molar-refractivity contribution in [3.05, 3.63) is 35.5 Å². The van der Waals surface area contributed by atoms with Crippen LogP contribution in [0, 0.1) is 0 Å². The number of pyridine rings is 1. The Balaban J connectivity index is 2.12. The van der Waals surface area contributed by atoms with Crippen LogP contribution in [0.25, 0.3) is 21.5 Å². The van der Waals surface area contributed by atoms with E-state index in [1.807, 2.05) is 37.2 Å². The van der Waals surface area contributed by atoms with Gasteiger partial charge in [0, 0.05) is 37.1 Å². The molecule has 0 aliphatic heterocycles. The van der Waals surface area contributed by atoms with Crippen molar-refractivity contribution >= 4 is 21.6 Å². The second-order valence-electron chi connectivity index (χ2n) is 4.23. The Morgan fingerprint density at radius 3 is 3.17 bits per heavy atom. The van der Waals surface area contributed by atoms with E-state index in [1.54, 1.807) is 11.3 Å². The summed E-state index contributed by atoms with van der Waals surface area (Å²) in [5.41, 5.74) is 4.33. The fourth-order valence-corrected chi connectivity index (χ4v) is 2.86. The largest absolute Gasteiger partial charge is 0.316 e. The quantitative estimate of drug-likeness (QED) is 0.784. The van der Waals surface area contributed by atoms with Crippen molar-refractivity contribution in [2.45, 2.75) is 6.54 Å². The number of hydrogen-bond donors (Lipinski definition) is 1. The molecule has 0 aliphatic rings. The Hall–Kier alpha value is -1.72. The van der Waals surface area contributed by atoms with Crippen LogP contribution in [0.15, 0.2) is 29.9 Å². The molecule has 0 fully saturated rings. The van der Waals surface area contributed by atoms with Crippen molar-refractivity contribution in [1.29, 1.82) is 0 Å². The van der Waals surface area contributed by atoms with Crippen LogP contribution >= 0.6 is 11.3 Å². The van der Waals surface area contributed by atoms with Crippen LogP contribution < -0.4 is 5.32 Å². The smallest absolute Gasteiger partial charge is 0.0983 e. The lowest BCUT2D eigenvalue weighted by atomic mass is 10.1. The van der Waals surface area contributed by atoms with Gasteiger partial charge >= 0.3 is 0 Å². The van der Waals surface area contributed by atoms with E-state index in [0.717, 1.165) is 23.3 Å². The Labute approximate surface area is 109 Å². The molecule has 0 bridgehead atoms. The summed E-state index contributed by atoms with van der Waals surface area (Å²) in [7, 11) is 3.89. The van der Waals surface area contributed by atoms with Gasteiger partial charge in [-0.15, -0.1) is 11.3 Å². The zero-order chi connectivity index (χ0) is 12.5. The number of hydrogen-bond acceptors (Lipinski definition) is 4. The zero-order valence-electron chi connectivity index (χ0n) is 10.3. The van der Waals surface area contributed by atoms with Gasteiger partial charge in [-0.2, -0.15) is 5.10 Å². The maximum atomic E-state index is 4.53. The molecule has 0 radical (unpaired) electrons. The first-order valence-corrected chi connectivity index (χ1v) is 6.66. The highest BCUT2D eigenvalue weighted by Gasteiger charge is 2.10. The highest BCUT2D eigenvalue weighted by molar-refractivity contribution is 7.17. The van der Waals surface area contributed by atoms with Gasteiger partial charge in [-0.05, 0) is 24.6 Å². The topological polar surface area (TPSA) is 42.7 Å². The summed E-state index contributed by atoms with van der Waals surface area (Å²) in [6.07, 6.45) is 3.95. The van der Waals surface area contributed by atoms with Crippen LogP contribution in [0.1, 0.15) is 5.56 Å². The molecule has 3 aromatic rings. The lowest BCUT2D eigenvalue weighted by molar-refractivity contribution is 0.765. The minimum Gasteiger partial charge on any atom is -0.316 e. The SMILES string of the molecule is CNCc1cn(C)nc1-c1cnc2ccsc2c1. The van der Waals surface area contributed by atoms with Crippen molar-refractivity contribution in [2.24, 2.45) is 7.05 Å². The number of aromatic nitrogens is 3. The van der Waals surface area contributed by atoms with E-state index in [9.17, 15) is 0 Å². The van der Waals surface area contributed by atoms with Gasteiger partial charge in [0.1, 0.15) is 0 Å². The molecule has 0 saturated heterocycles. The van der Waals surface area contributed by atoms with Crippen LogP contribution in [-0.2, 0) is 13.6 Å². The molecule has 0 saturated carbocycles. The normalized spacial score (nSPS) is 11.2. The highest BCUT2D eigenvalue weighted by Crippen LogP contribution is 2.27. The van der Waals surface area contributed by atoms with E-state index in [2.05, 4.69) is 26.8 Å². The molecule has 4 nitrogen and oxygen atoms in total. The average Bonchev–Trinajstić information content (AvgIpc) is 2.95. The molecule has 3 heterocycles. The molecule has 0 aliphatic carbocycles. The van der Waals surface area contributed by atoms with E-state index < -0.39 is 0 Å². The summed E-state index contributed by atoms with van der Waals surface area (Å²) in [6.45, 7) is 0.811. The van der Waals surface area contributed by atoms with Crippen molar-refractivity contribution in [3.63, 3.8) is 0 Å². The minimum atomic E-state index is 0.811. The summed E-state index contributed by atoms with van der Waals surface area (Å²) in [5, 5.41) is 9.76. The number of thiophene rings is 1. The lowest BCUT2D eigenvalue weighted by Crippen LogP contribution is -2.05. The van der Waals surface area contributed by atoms with Crippen molar-refractivity contribution < 1.29 is 0 Å². The number of rotatable bonds is 3. The molecule has 3 aromatic heterocycles. The molecule has 0 unspecified atom stereocenters. The summed E-state index contributed by atoms with van der Waals surface area (Å²) >= 11 is 1.71. The van der Waals surface area contributed by atoms with Crippen LogP contribution in [0.4, 0.5) is 0 Å².